The van der Waals surface area contributed by atoms with Crippen LogP contribution in [0.5, 0.6) is 5.75 Å². The van der Waals surface area contributed by atoms with E-state index in [1.807, 2.05) is 0 Å². The van der Waals surface area contributed by atoms with Gasteiger partial charge in [0, 0.05) is 4.47 Å². The summed E-state index contributed by atoms with van der Waals surface area (Å²) in [6, 6.07) is 3.86. The maximum atomic E-state index is 13.2. The molecule has 0 saturated heterocycles. The third kappa shape index (κ3) is 5.36. The van der Waals surface area contributed by atoms with Crippen molar-refractivity contribution in [3.63, 3.8) is 0 Å². The van der Waals surface area contributed by atoms with Crippen LogP contribution >= 0.6 is 15.9 Å². The summed E-state index contributed by atoms with van der Waals surface area (Å²) >= 11 is 3.02. The van der Waals surface area contributed by atoms with E-state index in [1.165, 1.54) is 12.1 Å². The molecule has 0 amide bonds. The van der Waals surface area contributed by atoms with Gasteiger partial charge in [-0.25, -0.2) is 4.39 Å². The molecule has 96 valence electrons. The van der Waals surface area contributed by atoms with Gasteiger partial charge in [0.1, 0.15) is 6.61 Å². The lowest BCUT2D eigenvalue weighted by molar-refractivity contribution is -0.156. The van der Waals surface area contributed by atoms with Crippen LogP contribution in [0.1, 0.15) is 6.42 Å². The summed E-state index contributed by atoms with van der Waals surface area (Å²) < 4.78 is 54.0. The molecule has 1 rings (SSSR count). The van der Waals surface area contributed by atoms with Crippen molar-refractivity contribution in [2.75, 3.05) is 6.61 Å². The van der Waals surface area contributed by atoms with Gasteiger partial charge in [0.25, 0.3) is 0 Å². The normalized spacial score (nSPS) is 13.5. The zero-order valence-corrected chi connectivity index (χ0v) is 10.1. The Bertz CT molecular complexity index is 381. The number of aliphatic hydroxyl groups excluding tert-OH is 1. The molecule has 0 aliphatic heterocycles. The van der Waals surface area contributed by atoms with Gasteiger partial charge in [-0.3, -0.25) is 0 Å². The third-order valence-electron chi connectivity index (χ3n) is 1.79. The highest BCUT2D eigenvalue weighted by atomic mass is 79.9. The van der Waals surface area contributed by atoms with Gasteiger partial charge in [-0.15, -0.1) is 0 Å². The molecule has 1 unspecified atom stereocenters. The topological polar surface area (TPSA) is 29.5 Å². The number of ether oxygens (including phenoxy) is 1. The van der Waals surface area contributed by atoms with Crippen LogP contribution in [0.4, 0.5) is 17.6 Å². The number of benzene rings is 1. The average Bonchev–Trinajstić information content (AvgIpc) is 2.13. The molecule has 0 spiro atoms. The van der Waals surface area contributed by atoms with Crippen LogP contribution in [0.3, 0.4) is 0 Å². The van der Waals surface area contributed by atoms with Gasteiger partial charge in [0.05, 0.1) is 12.5 Å². The molecule has 0 aromatic heterocycles. The number of rotatable bonds is 4. The van der Waals surface area contributed by atoms with Gasteiger partial charge in [-0.2, -0.15) is 13.2 Å². The molecule has 0 heterocycles. The van der Waals surface area contributed by atoms with Crippen LogP contribution in [0.15, 0.2) is 22.7 Å². The summed E-state index contributed by atoms with van der Waals surface area (Å²) in [4.78, 5) is 0. The predicted octanol–water partition coefficient (Wildman–Crippen LogP) is 3.28. The highest BCUT2D eigenvalue weighted by Crippen LogP contribution is 2.24. The molecule has 17 heavy (non-hydrogen) atoms. The summed E-state index contributed by atoms with van der Waals surface area (Å²) in [6.45, 7) is -0.613. The average molecular weight is 317 g/mol. The molecule has 0 saturated carbocycles. The lowest BCUT2D eigenvalue weighted by Crippen LogP contribution is -2.25. The first-order chi connectivity index (χ1) is 7.78. The Kier molecular flexibility index (Phi) is 4.76. The largest absolute Gasteiger partial charge is 0.488 e. The second-order valence-corrected chi connectivity index (χ2v) is 4.27. The van der Waals surface area contributed by atoms with Crippen LogP contribution in [0.25, 0.3) is 0 Å². The molecule has 1 aromatic rings. The summed E-state index contributed by atoms with van der Waals surface area (Å²) in [5, 5.41) is 9.01. The molecule has 0 aliphatic carbocycles. The smallest absolute Gasteiger partial charge is 0.391 e. The van der Waals surface area contributed by atoms with Crippen LogP contribution in [-0.2, 0) is 0 Å². The summed E-state index contributed by atoms with van der Waals surface area (Å²) in [7, 11) is 0. The number of alkyl halides is 3. The van der Waals surface area contributed by atoms with E-state index in [9.17, 15) is 17.6 Å². The van der Waals surface area contributed by atoms with Gasteiger partial charge in [0.15, 0.2) is 11.6 Å². The molecule has 7 heteroatoms. The quantitative estimate of drug-likeness (QED) is 0.864. The van der Waals surface area contributed by atoms with Crippen LogP contribution in [0.2, 0.25) is 0 Å². The van der Waals surface area contributed by atoms with E-state index in [-0.39, 0.29) is 5.75 Å². The first-order valence-electron chi connectivity index (χ1n) is 4.60. The number of halogens is 5. The van der Waals surface area contributed by atoms with Gasteiger partial charge in [-0.1, -0.05) is 15.9 Å². The third-order valence-corrected chi connectivity index (χ3v) is 2.29. The van der Waals surface area contributed by atoms with Crippen LogP contribution in [-0.4, -0.2) is 24.0 Å². The van der Waals surface area contributed by atoms with Crippen molar-refractivity contribution in [3.05, 3.63) is 28.5 Å². The standard InChI is InChI=1S/C10H9BrF4O2/c11-6-1-2-9(8(12)3-6)17-5-7(16)4-10(13,14)15/h1-3,7,16H,4-5H2. The summed E-state index contributed by atoms with van der Waals surface area (Å²) in [6.07, 6.45) is -7.57. The lowest BCUT2D eigenvalue weighted by Gasteiger charge is -2.14. The molecule has 1 atom stereocenters. The van der Waals surface area contributed by atoms with Crippen LogP contribution in [0, 0.1) is 5.82 Å². The van der Waals surface area contributed by atoms with E-state index in [0.29, 0.717) is 4.47 Å². The number of hydrogen-bond donors (Lipinski definition) is 1. The van der Waals surface area contributed by atoms with Crippen molar-refractivity contribution >= 4 is 15.9 Å². The highest BCUT2D eigenvalue weighted by molar-refractivity contribution is 9.10. The van der Waals surface area contributed by atoms with Crippen molar-refractivity contribution in [2.24, 2.45) is 0 Å². The monoisotopic (exact) mass is 316 g/mol. The molecule has 0 aliphatic rings. The Hall–Kier alpha value is -0.820. The zero-order valence-electron chi connectivity index (χ0n) is 8.47. The molecular formula is C10H9BrF4O2. The minimum absolute atomic E-state index is 0.200. The van der Waals surface area contributed by atoms with E-state index in [4.69, 9.17) is 9.84 Å². The van der Waals surface area contributed by atoms with E-state index in [0.717, 1.165) is 6.07 Å². The predicted molar refractivity (Wildman–Crippen MR) is 56.3 cm³/mol. The zero-order chi connectivity index (χ0) is 13.1. The first kappa shape index (κ1) is 14.2. The van der Waals surface area contributed by atoms with Crippen molar-refractivity contribution < 1.29 is 27.4 Å². The molecule has 2 nitrogen and oxygen atoms in total. The van der Waals surface area contributed by atoms with Crippen molar-refractivity contribution in [1.82, 2.24) is 0 Å². The summed E-state index contributed by atoms with van der Waals surface area (Å²) in [5.74, 6) is -0.909. The minimum Gasteiger partial charge on any atom is -0.488 e. The number of hydrogen-bond acceptors (Lipinski definition) is 2. The number of aliphatic hydroxyl groups is 1. The highest BCUT2D eigenvalue weighted by Gasteiger charge is 2.31. The lowest BCUT2D eigenvalue weighted by atomic mass is 10.2. The van der Waals surface area contributed by atoms with E-state index < -0.39 is 31.1 Å². The molecular weight excluding hydrogens is 308 g/mol. The first-order valence-corrected chi connectivity index (χ1v) is 5.40. The van der Waals surface area contributed by atoms with E-state index in [1.54, 1.807) is 0 Å². The Morgan fingerprint density at radius 3 is 2.53 bits per heavy atom. The van der Waals surface area contributed by atoms with E-state index >= 15 is 0 Å². The summed E-state index contributed by atoms with van der Waals surface area (Å²) in [5.41, 5.74) is 0. The second-order valence-electron chi connectivity index (χ2n) is 3.36. The SMILES string of the molecule is OC(COc1ccc(Br)cc1F)CC(F)(F)F. The fourth-order valence-electron chi connectivity index (χ4n) is 1.10. The van der Waals surface area contributed by atoms with Crippen molar-refractivity contribution in [1.29, 1.82) is 0 Å². The fraction of sp³-hybridized carbons (Fsp3) is 0.400. The van der Waals surface area contributed by atoms with Gasteiger partial charge < -0.3 is 9.84 Å². The van der Waals surface area contributed by atoms with Gasteiger partial charge >= 0.3 is 6.18 Å². The maximum Gasteiger partial charge on any atom is 0.391 e. The Morgan fingerprint density at radius 2 is 2.00 bits per heavy atom. The van der Waals surface area contributed by atoms with Gasteiger partial charge in [-0.05, 0) is 18.2 Å². The van der Waals surface area contributed by atoms with Crippen molar-refractivity contribution in [2.45, 2.75) is 18.7 Å². The fourth-order valence-corrected chi connectivity index (χ4v) is 1.44. The van der Waals surface area contributed by atoms with Gasteiger partial charge in [0.2, 0.25) is 0 Å². The van der Waals surface area contributed by atoms with E-state index in [2.05, 4.69) is 15.9 Å². The second kappa shape index (κ2) is 5.68. The maximum absolute atomic E-state index is 13.2. The molecule has 0 bridgehead atoms. The Balaban J connectivity index is 2.50. The molecule has 1 aromatic carbocycles. The Morgan fingerprint density at radius 1 is 1.35 bits per heavy atom. The Labute approximate surface area is 103 Å². The minimum atomic E-state index is -4.47. The molecule has 1 N–H and O–H groups in total. The van der Waals surface area contributed by atoms with Crippen molar-refractivity contribution in [3.8, 4) is 5.75 Å². The molecule has 0 radical (unpaired) electrons. The van der Waals surface area contributed by atoms with Crippen LogP contribution < -0.4 is 4.74 Å². The molecule has 0 fully saturated rings.